The zero-order valence-corrected chi connectivity index (χ0v) is 12.6. The predicted molar refractivity (Wildman–Crippen MR) is 79.7 cm³/mol. The fraction of sp³-hybridized carbons (Fsp3) is 0.500. The van der Waals surface area contributed by atoms with Crippen molar-refractivity contribution in [1.82, 2.24) is 9.55 Å². The maximum Gasteiger partial charge on any atom is 0.255 e. The standard InChI is InChI=1S/C16H22N2O/c1-15(2,3)11-10-12-13(8-7-9-17-12)18(14(11)19)16(4,5)6/h7-10H,1-6H3. The summed E-state index contributed by atoms with van der Waals surface area (Å²) in [6, 6.07) is 5.77. The molecule has 0 atom stereocenters. The second kappa shape index (κ2) is 4.19. The van der Waals surface area contributed by atoms with Crippen molar-refractivity contribution in [2.45, 2.75) is 52.5 Å². The Kier molecular flexibility index (Phi) is 3.04. The van der Waals surface area contributed by atoms with E-state index in [-0.39, 0.29) is 16.5 Å². The van der Waals surface area contributed by atoms with E-state index in [1.165, 1.54) is 0 Å². The highest BCUT2D eigenvalue weighted by Gasteiger charge is 2.25. The average Bonchev–Trinajstić information content (AvgIpc) is 2.24. The number of hydrogen-bond acceptors (Lipinski definition) is 2. The Labute approximate surface area is 114 Å². The molecule has 2 aromatic heterocycles. The second-order valence-corrected chi connectivity index (χ2v) is 7.03. The summed E-state index contributed by atoms with van der Waals surface area (Å²) < 4.78 is 1.86. The number of aromatic nitrogens is 2. The van der Waals surface area contributed by atoms with Gasteiger partial charge in [0.1, 0.15) is 0 Å². The van der Waals surface area contributed by atoms with Crippen LogP contribution in [0.4, 0.5) is 0 Å². The Morgan fingerprint density at radius 1 is 1.11 bits per heavy atom. The molecule has 0 bridgehead atoms. The maximum absolute atomic E-state index is 12.8. The van der Waals surface area contributed by atoms with E-state index in [0.717, 1.165) is 16.6 Å². The lowest BCUT2D eigenvalue weighted by atomic mass is 9.87. The number of fused-ring (bicyclic) bond motifs is 1. The molecule has 0 spiro atoms. The zero-order chi connectivity index (χ0) is 14.4. The molecule has 0 fully saturated rings. The van der Waals surface area contributed by atoms with E-state index < -0.39 is 0 Å². The van der Waals surface area contributed by atoms with Crippen molar-refractivity contribution in [3.8, 4) is 0 Å². The van der Waals surface area contributed by atoms with Gasteiger partial charge in [0.05, 0.1) is 11.0 Å². The smallest absolute Gasteiger partial charge is 0.255 e. The molecule has 3 heteroatoms. The summed E-state index contributed by atoms with van der Waals surface area (Å²) in [5, 5.41) is 0. The van der Waals surface area contributed by atoms with Gasteiger partial charge in [0.15, 0.2) is 0 Å². The monoisotopic (exact) mass is 258 g/mol. The number of rotatable bonds is 0. The molecule has 2 aromatic rings. The van der Waals surface area contributed by atoms with E-state index in [0.29, 0.717) is 0 Å². The minimum absolute atomic E-state index is 0.0838. The second-order valence-electron chi connectivity index (χ2n) is 7.03. The van der Waals surface area contributed by atoms with Gasteiger partial charge in [-0.25, -0.2) is 0 Å². The Hall–Kier alpha value is -1.64. The summed E-state index contributed by atoms with van der Waals surface area (Å²) in [5.74, 6) is 0. The van der Waals surface area contributed by atoms with E-state index in [9.17, 15) is 4.79 Å². The molecule has 0 N–H and O–H groups in total. The molecule has 0 aromatic carbocycles. The quantitative estimate of drug-likeness (QED) is 0.725. The van der Waals surface area contributed by atoms with E-state index in [1.54, 1.807) is 6.20 Å². The first-order chi connectivity index (χ1) is 8.62. The van der Waals surface area contributed by atoms with Crippen LogP contribution < -0.4 is 5.56 Å². The van der Waals surface area contributed by atoms with Crippen molar-refractivity contribution in [2.24, 2.45) is 0 Å². The van der Waals surface area contributed by atoms with Crippen molar-refractivity contribution in [3.05, 3.63) is 40.3 Å². The first kappa shape index (κ1) is 13.8. The van der Waals surface area contributed by atoms with Crippen LogP contribution >= 0.6 is 0 Å². The molecule has 0 radical (unpaired) electrons. The third-order valence-corrected chi connectivity index (χ3v) is 3.25. The highest BCUT2D eigenvalue weighted by Crippen LogP contribution is 2.25. The minimum Gasteiger partial charge on any atom is -0.301 e. The Morgan fingerprint density at radius 2 is 1.74 bits per heavy atom. The molecular formula is C16H22N2O. The SMILES string of the molecule is CC(C)(C)c1cc2ncccc2n(C(C)(C)C)c1=O. The summed E-state index contributed by atoms with van der Waals surface area (Å²) in [5.41, 5.74) is 2.22. The fourth-order valence-electron chi connectivity index (χ4n) is 2.34. The van der Waals surface area contributed by atoms with Crippen molar-refractivity contribution in [2.75, 3.05) is 0 Å². The Morgan fingerprint density at radius 3 is 2.26 bits per heavy atom. The first-order valence-corrected chi connectivity index (χ1v) is 6.64. The first-order valence-electron chi connectivity index (χ1n) is 6.64. The maximum atomic E-state index is 12.8. The van der Waals surface area contributed by atoms with Gasteiger partial charge in [0.25, 0.3) is 5.56 Å². The predicted octanol–water partition coefficient (Wildman–Crippen LogP) is 3.45. The third-order valence-electron chi connectivity index (χ3n) is 3.25. The topological polar surface area (TPSA) is 34.9 Å². The fourth-order valence-corrected chi connectivity index (χ4v) is 2.34. The lowest BCUT2D eigenvalue weighted by molar-refractivity contribution is 0.392. The molecule has 0 saturated carbocycles. The van der Waals surface area contributed by atoms with Gasteiger partial charge in [0, 0.05) is 17.3 Å². The summed E-state index contributed by atoms with van der Waals surface area (Å²) in [6.07, 6.45) is 1.77. The van der Waals surface area contributed by atoms with Crippen molar-refractivity contribution in [3.63, 3.8) is 0 Å². The van der Waals surface area contributed by atoms with E-state index >= 15 is 0 Å². The molecular weight excluding hydrogens is 236 g/mol. The van der Waals surface area contributed by atoms with Crippen molar-refractivity contribution < 1.29 is 0 Å². The van der Waals surface area contributed by atoms with Crippen LogP contribution in [-0.4, -0.2) is 9.55 Å². The van der Waals surface area contributed by atoms with Crippen molar-refractivity contribution >= 4 is 11.0 Å². The van der Waals surface area contributed by atoms with Gasteiger partial charge in [-0.05, 0) is 44.4 Å². The van der Waals surface area contributed by atoms with Gasteiger partial charge in [0.2, 0.25) is 0 Å². The summed E-state index contributed by atoms with van der Waals surface area (Å²) in [7, 11) is 0. The molecule has 0 saturated heterocycles. The normalized spacial score (nSPS) is 12.9. The van der Waals surface area contributed by atoms with Gasteiger partial charge in [-0.3, -0.25) is 9.78 Å². The minimum atomic E-state index is -0.264. The zero-order valence-electron chi connectivity index (χ0n) is 12.6. The van der Waals surface area contributed by atoms with Crippen LogP contribution in [0, 0.1) is 0 Å². The summed E-state index contributed by atoms with van der Waals surface area (Å²) >= 11 is 0. The summed E-state index contributed by atoms with van der Waals surface area (Å²) in [6.45, 7) is 12.3. The van der Waals surface area contributed by atoms with E-state index in [1.807, 2.05) is 43.5 Å². The number of pyridine rings is 2. The van der Waals surface area contributed by atoms with Gasteiger partial charge in [-0.1, -0.05) is 20.8 Å². The molecule has 102 valence electrons. The van der Waals surface area contributed by atoms with Crippen molar-refractivity contribution in [1.29, 1.82) is 0 Å². The van der Waals surface area contributed by atoms with Crippen LogP contribution in [0.15, 0.2) is 29.2 Å². The highest BCUT2D eigenvalue weighted by atomic mass is 16.1. The van der Waals surface area contributed by atoms with Gasteiger partial charge < -0.3 is 4.57 Å². The highest BCUT2D eigenvalue weighted by molar-refractivity contribution is 5.75. The van der Waals surface area contributed by atoms with Gasteiger partial charge >= 0.3 is 0 Å². The van der Waals surface area contributed by atoms with Crippen LogP contribution in [0.2, 0.25) is 0 Å². The molecule has 0 aliphatic rings. The molecule has 3 nitrogen and oxygen atoms in total. The van der Waals surface area contributed by atoms with E-state index in [2.05, 4.69) is 25.8 Å². The lowest BCUT2D eigenvalue weighted by Gasteiger charge is -2.28. The van der Waals surface area contributed by atoms with Crippen LogP contribution in [-0.2, 0) is 11.0 Å². The van der Waals surface area contributed by atoms with Crippen LogP contribution in [0.5, 0.6) is 0 Å². The lowest BCUT2D eigenvalue weighted by Crippen LogP contribution is -2.38. The molecule has 0 aliphatic carbocycles. The number of hydrogen-bond donors (Lipinski definition) is 0. The molecule has 0 unspecified atom stereocenters. The Balaban J connectivity index is 2.99. The molecule has 0 amide bonds. The molecule has 2 heterocycles. The molecule has 0 aliphatic heterocycles. The Bertz CT molecular complexity index is 670. The van der Waals surface area contributed by atoms with Gasteiger partial charge in [-0.2, -0.15) is 0 Å². The number of nitrogens with zero attached hydrogens (tertiary/aromatic N) is 2. The van der Waals surface area contributed by atoms with Crippen LogP contribution in [0.25, 0.3) is 11.0 Å². The average molecular weight is 258 g/mol. The molecule has 2 rings (SSSR count). The van der Waals surface area contributed by atoms with Gasteiger partial charge in [-0.15, -0.1) is 0 Å². The largest absolute Gasteiger partial charge is 0.301 e. The molecule has 19 heavy (non-hydrogen) atoms. The third kappa shape index (κ3) is 2.42. The van der Waals surface area contributed by atoms with Crippen LogP contribution in [0.3, 0.4) is 0 Å². The summed E-state index contributed by atoms with van der Waals surface area (Å²) in [4.78, 5) is 17.2. The van der Waals surface area contributed by atoms with Crippen LogP contribution in [0.1, 0.15) is 47.1 Å². The van der Waals surface area contributed by atoms with E-state index in [4.69, 9.17) is 0 Å².